The van der Waals surface area contributed by atoms with E-state index < -0.39 is 12.1 Å². The van der Waals surface area contributed by atoms with Crippen LogP contribution in [0.15, 0.2) is 47.8 Å². The van der Waals surface area contributed by atoms with E-state index in [0.717, 1.165) is 5.69 Å². The van der Waals surface area contributed by atoms with Gasteiger partial charge in [0.2, 0.25) is 0 Å². The molecule has 0 radical (unpaired) electrons. The van der Waals surface area contributed by atoms with Crippen LogP contribution in [0.3, 0.4) is 0 Å². The van der Waals surface area contributed by atoms with Crippen molar-refractivity contribution in [3.05, 3.63) is 52.7 Å². The van der Waals surface area contributed by atoms with Crippen molar-refractivity contribution in [1.82, 2.24) is 5.32 Å². The molecule has 2 rings (SSSR count). The number of amides is 2. The number of likely N-dealkylation sites (N-methyl/N-ethyl adjacent to an activating group) is 1. The maximum Gasteiger partial charge on any atom is 0.308 e. The Morgan fingerprint density at radius 2 is 1.88 bits per heavy atom. The molecule has 0 aliphatic heterocycles. The Morgan fingerprint density at radius 1 is 1.16 bits per heavy atom. The Hall–Kier alpha value is -2.67. The number of anilines is 1. The number of nitrogens with one attached hydrogen (secondary N) is 1. The number of carbonyl (C=O) groups is 3. The van der Waals surface area contributed by atoms with Crippen molar-refractivity contribution < 1.29 is 19.1 Å². The molecule has 2 amide bonds. The van der Waals surface area contributed by atoms with Crippen LogP contribution in [0.2, 0.25) is 0 Å². The Morgan fingerprint density at radius 3 is 2.52 bits per heavy atom. The minimum Gasteiger partial charge on any atom is -0.452 e. The molecule has 0 fully saturated rings. The molecule has 0 bridgehead atoms. The maximum atomic E-state index is 12.3. The van der Waals surface area contributed by atoms with Crippen molar-refractivity contribution in [2.75, 3.05) is 18.5 Å². The van der Waals surface area contributed by atoms with Crippen LogP contribution in [-0.2, 0) is 14.3 Å². The van der Waals surface area contributed by atoms with E-state index in [-0.39, 0.29) is 24.8 Å². The van der Waals surface area contributed by atoms with E-state index in [1.807, 2.05) is 18.2 Å². The summed E-state index contributed by atoms with van der Waals surface area (Å²) in [5.74, 6) is -1.08. The molecule has 1 heterocycles. The average molecular weight is 360 g/mol. The van der Waals surface area contributed by atoms with Gasteiger partial charge in [-0.2, -0.15) is 0 Å². The van der Waals surface area contributed by atoms with Crippen LogP contribution >= 0.6 is 11.3 Å². The number of para-hydroxylation sites is 1. The van der Waals surface area contributed by atoms with Crippen molar-refractivity contribution in [3.63, 3.8) is 0 Å². The summed E-state index contributed by atoms with van der Waals surface area (Å²) in [7, 11) is 1.63. The zero-order chi connectivity index (χ0) is 18.2. The van der Waals surface area contributed by atoms with Crippen LogP contribution in [0.4, 0.5) is 5.69 Å². The number of nitrogens with zero attached hydrogens (tertiary/aromatic N) is 1. The highest BCUT2D eigenvalue weighted by Crippen LogP contribution is 2.13. The van der Waals surface area contributed by atoms with Gasteiger partial charge in [-0.3, -0.25) is 14.4 Å². The van der Waals surface area contributed by atoms with Crippen molar-refractivity contribution >= 4 is 34.8 Å². The fourth-order valence-electron chi connectivity index (χ4n) is 2.13. The molecule has 0 spiro atoms. The number of ether oxygens (including phenoxy) is 1. The topological polar surface area (TPSA) is 75.7 Å². The second-order valence-corrected chi connectivity index (χ2v) is 6.30. The van der Waals surface area contributed by atoms with E-state index in [2.05, 4.69) is 5.32 Å². The van der Waals surface area contributed by atoms with Crippen molar-refractivity contribution in [2.24, 2.45) is 0 Å². The summed E-state index contributed by atoms with van der Waals surface area (Å²) in [5, 5.41) is 4.45. The smallest absolute Gasteiger partial charge is 0.308 e. The highest BCUT2D eigenvalue weighted by Gasteiger charge is 2.22. The van der Waals surface area contributed by atoms with Crippen LogP contribution in [0.1, 0.15) is 23.0 Å². The molecule has 1 aromatic heterocycles. The van der Waals surface area contributed by atoms with E-state index in [1.54, 1.807) is 36.7 Å². The molecule has 1 aromatic carbocycles. The number of benzene rings is 1. The third-order valence-electron chi connectivity index (χ3n) is 3.49. The van der Waals surface area contributed by atoms with E-state index in [9.17, 15) is 14.4 Å². The molecule has 6 nitrogen and oxygen atoms in total. The molecule has 25 heavy (non-hydrogen) atoms. The average Bonchev–Trinajstić information content (AvgIpc) is 3.15. The monoisotopic (exact) mass is 360 g/mol. The van der Waals surface area contributed by atoms with Crippen LogP contribution in [0.25, 0.3) is 0 Å². The van der Waals surface area contributed by atoms with Gasteiger partial charge in [0.1, 0.15) is 0 Å². The molecule has 0 aliphatic rings. The standard InChI is InChI=1S/C18H20N2O4S/c1-13(18(23)20(2)14-7-4-3-5-8-14)24-16(21)10-11-19-17(22)15-9-6-12-25-15/h3-9,12-13H,10-11H2,1-2H3,(H,19,22). The lowest BCUT2D eigenvalue weighted by Gasteiger charge is -2.21. The maximum absolute atomic E-state index is 12.3. The van der Waals surface area contributed by atoms with Gasteiger partial charge in [0, 0.05) is 19.3 Å². The molecule has 1 atom stereocenters. The lowest BCUT2D eigenvalue weighted by atomic mass is 10.2. The van der Waals surface area contributed by atoms with E-state index in [1.165, 1.54) is 23.2 Å². The Balaban J connectivity index is 1.75. The van der Waals surface area contributed by atoms with E-state index in [4.69, 9.17) is 4.74 Å². The zero-order valence-electron chi connectivity index (χ0n) is 14.1. The van der Waals surface area contributed by atoms with Gasteiger partial charge in [0.05, 0.1) is 11.3 Å². The summed E-state index contributed by atoms with van der Waals surface area (Å²) in [6.45, 7) is 1.69. The number of hydrogen-bond donors (Lipinski definition) is 1. The zero-order valence-corrected chi connectivity index (χ0v) is 14.9. The van der Waals surface area contributed by atoms with Gasteiger partial charge in [-0.15, -0.1) is 11.3 Å². The highest BCUT2D eigenvalue weighted by molar-refractivity contribution is 7.12. The normalized spacial score (nSPS) is 11.4. The van der Waals surface area contributed by atoms with Crippen molar-refractivity contribution in [2.45, 2.75) is 19.4 Å². The first kappa shape index (κ1) is 18.7. The third-order valence-corrected chi connectivity index (χ3v) is 4.36. The largest absolute Gasteiger partial charge is 0.452 e. The van der Waals surface area contributed by atoms with Gasteiger partial charge >= 0.3 is 5.97 Å². The first-order chi connectivity index (χ1) is 12.0. The molecular formula is C18H20N2O4S. The Labute approximate surface area is 150 Å². The number of hydrogen-bond acceptors (Lipinski definition) is 5. The van der Waals surface area contributed by atoms with E-state index in [0.29, 0.717) is 4.88 Å². The molecule has 2 aromatic rings. The Bertz CT molecular complexity index is 716. The quantitative estimate of drug-likeness (QED) is 0.770. The molecule has 132 valence electrons. The second-order valence-electron chi connectivity index (χ2n) is 5.35. The van der Waals surface area contributed by atoms with Gasteiger partial charge in [-0.1, -0.05) is 24.3 Å². The minimum absolute atomic E-state index is 0.00376. The van der Waals surface area contributed by atoms with Gasteiger partial charge in [-0.25, -0.2) is 0 Å². The predicted octanol–water partition coefficient (Wildman–Crippen LogP) is 2.46. The molecule has 0 saturated carbocycles. The van der Waals surface area contributed by atoms with Gasteiger partial charge in [-0.05, 0) is 30.5 Å². The molecule has 1 unspecified atom stereocenters. The molecule has 1 N–H and O–H groups in total. The lowest BCUT2D eigenvalue weighted by molar-refractivity contribution is -0.153. The summed E-state index contributed by atoms with van der Waals surface area (Å²) in [5.41, 5.74) is 0.721. The summed E-state index contributed by atoms with van der Waals surface area (Å²) in [6, 6.07) is 12.6. The minimum atomic E-state index is -0.897. The first-order valence-electron chi connectivity index (χ1n) is 7.83. The summed E-state index contributed by atoms with van der Waals surface area (Å²) >= 11 is 1.33. The molecule has 7 heteroatoms. The number of carbonyl (C=O) groups excluding carboxylic acids is 3. The third kappa shape index (κ3) is 5.42. The van der Waals surface area contributed by atoms with Crippen LogP contribution in [0.5, 0.6) is 0 Å². The second kappa shape index (κ2) is 8.98. The highest BCUT2D eigenvalue weighted by atomic mass is 32.1. The van der Waals surface area contributed by atoms with Crippen LogP contribution in [-0.4, -0.2) is 37.5 Å². The van der Waals surface area contributed by atoms with Gasteiger partial charge in [0.25, 0.3) is 11.8 Å². The van der Waals surface area contributed by atoms with Crippen LogP contribution in [0, 0.1) is 0 Å². The van der Waals surface area contributed by atoms with Gasteiger partial charge < -0.3 is 15.0 Å². The predicted molar refractivity (Wildman–Crippen MR) is 96.7 cm³/mol. The number of esters is 1. The fraction of sp³-hybridized carbons (Fsp3) is 0.278. The number of rotatable bonds is 7. The lowest BCUT2D eigenvalue weighted by Crippen LogP contribution is -2.38. The van der Waals surface area contributed by atoms with E-state index >= 15 is 0 Å². The molecule has 0 aliphatic carbocycles. The summed E-state index contributed by atoms with van der Waals surface area (Å²) < 4.78 is 5.15. The number of thiophene rings is 1. The molecule has 0 saturated heterocycles. The summed E-state index contributed by atoms with van der Waals surface area (Å²) in [4.78, 5) is 37.9. The summed E-state index contributed by atoms with van der Waals surface area (Å²) in [6.07, 6.45) is -0.894. The SMILES string of the molecule is CC(OC(=O)CCNC(=O)c1cccs1)C(=O)N(C)c1ccccc1. The van der Waals surface area contributed by atoms with Crippen molar-refractivity contribution in [3.8, 4) is 0 Å². The fourth-order valence-corrected chi connectivity index (χ4v) is 2.77. The molecular weight excluding hydrogens is 340 g/mol. The first-order valence-corrected chi connectivity index (χ1v) is 8.71. The van der Waals surface area contributed by atoms with Crippen LogP contribution < -0.4 is 10.2 Å². The van der Waals surface area contributed by atoms with Crippen molar-refractivity contribution in [1.29, 1.82) is 0 Å². The Kier molecular flexibility index (Phi) is 6.71. The van der Waals surface area contributed by atoms with Gasteiger partial charge in [0.15, 0.2) is 6.10 Å².